The number of nitrogens with two attached hydrogens (primary N) is 1. The second kappa shape index (κ2) is 25.1. The third kappa shape index (κ3) is 14.9. The highest BCUT2D eigenvalue weighted by Crippen LogP contribution is 2.43. The van der Waals surface area contributed by atoms with Gasteiger partial charge in [0.05, 0.1) is 16.3 Å². The average Bonchev–Trinajstić information content (AvgIpc) is 3.96. The number of phenolic OH excluding ortho intramolecular Hbond substituents is 1. The molecule has 3 heterocycles. The van der Waals surface area contributed by atoms with Crippen LogP contribution in [-0.2, 0) is 30.5 Å². The van der Waals surface area contributed by atoms with E-state index in [-0.39, 0.29) is 78.3 Å². The zero-order chi connectivity index (χ0) is 53.6. The van der Waals surface area contributed by atoms with E-state index in [4.69, 9.17) is 15.5 Å². The molecule has 7 N–H and O–H groups in total. The number of urea groups is 1. The first kappa shape index (κ1) is 54.5. The largest absolute Gasteiger partial charge is 0.573 e. The summed E-state index contributed by atoms with van der Waals surface area (Å²) in [4.78, 5) is 87.9. The van der Waals surface area contributed by atoms with Crippen LogP contribution in [0.5, 0.6) is 11.5 Å². The van der Waals surface area contributed by atoms with Crippen LogP contribution in [0.15, 0.2) is 115 Å². The Balaban J connectivity index is 1.03. The maximum atomic E-state index is 14.6. The smallest absolute Gasteiger partial charge is 0.505 e. The van der Waals surface area contributed by atoms with Gasteiger partial charge < -0.3 is 41.6 Å². The van der Waals surface area contributed by atoms with Gasteiger partial charge in [-0.1, -0.05) is 86.2 Å². The fourth-order valence-corrected chi connectivity index (χ4v) is 9.34. The number of aromatic hydroxyl groups is 1. The average molecular weight is 1050 g/mol. The highest BCUT2D eigenvalue weighted by Gasteiger charge is 2.36. The summed E-state index contributed by atoms with van der Waals surface area (Å²) in [5, 5.41) is 24.3. The third-order valence-electron chi connectivity index (χ3n) is 12.1. The quantitative estimate of drug-likeness (QED) is 0.0247. The number of imide groups is 1. The number of unbranched alkanes of at least 4 members (excludes halogenated alkanes) is 2. The number of carbonyl (C=O) groups excluding carboxylic acids is 6. The van der Waals surface area contributed by atoms with Gasteiger partial charge in [0.2, 0.25) is 11.8 Å². The van der Waals surface area contributed by atoms with E-state index in [1.807, 2.05) is 26.0 Å². The first-order valence-electron chi connectivity index (χ1n) is 24.2. The lowest BCUT2D eigenvalue weighted by molar-refractivity contribution is -0.274. The first-order chi connectivity index (χ1) is 35.9. The number of fused-ring (bicyclic) bond motifs is 2. The number of carbonyl (C=O) groups is 6. The lowest BCUT2D eigenvalue weighted by Gasteiger charge is -2.30. The summed E-state index contributed by atoms with van der Waals surface area (Å²) in [6.45, 7) is 4.16. The van der Waals surface area contributed by atoms with Gasteiger partial charge in [-0.15, -0.1) is 13.2 Å². The Morgan fingerprint density at radius 2 is 1.60 bits per heavy atom. The number of rotatable bonds is 24. The van der Waals surface area contributed by atoms with Crippen LogP contribution >= 0.6 is 11.3 Å². The van der Waals surface area contributed by atoms with Gasteiger partial charge in [-0.05, 0) is 85.2 Å². The molecule has 0 radical (unpaired) electrons. The van der Waals surface area contributed by atoms with Crippen molar-refractivity contribution < 1.29 is 56.5 Å². The highest BCUT2D eigenvalue weighted by atomic mass is 32.1. The molecule has 7 amide bonds. The minimum absolute atomic E-state index is 0.146. The second-order valence-electron chi connectivity index (χ2n) is 18.0. The maximum Gasteiger partial charge on any atom is 0.573 e. The van der Waals surface area contributed by atoms with Gasteiger partial charge in [0.1, 0.15) is 29.7 Å². The lowest BCUT2D eigenvalue weighted by atomic mass is 9.95. The number of amides is 7. The summed E-state index contributed by atoms with van der Waals surface area (Å²) in [6, 6.07) is 22.7. The molecule has 0 saturated carbocycles. The number of para-hydroxylation sites is 1. The minimum Gasteiger partial charge on any atom is -0.505 e. The van der Waals surface area contributed by atoms with Gasteiger partial charge in [-0.25, -0.2) is 19.5 Å². The summed E-state index contributed by atoms with van der Waals surface area (Å²) >= 11 is 1.17. The molecule has 0 fully saturated rings. The normalized spacial score (nSPS) is 13.7. The maximum absolute atomic E-state index is 14.6. The van der Waals surface area contributed by atoms with E-state index in [0.717, 1.165) is 21.7 Å². The Bertz CT molecular complexity index is 2980. The van der Waals surface area contributed by atoms with Crippen LogP contribution in [0.3, 0.4) is 0 Å². The summed E-state index contributed by atoms with van der Waals surface area (Å²) in [6.07, 6.45) is 0.772. The van der Waals surface area contributed by atoms with E-state index in [2.05, 4.69) is 31.0 Å². The molecule has 22 heteroatoms. The molecule has 4 aromatic carbocycles. The number of benzene rings is 4. The number of ether oxygens (including phenoxy) is 2. The summed E-state index contributed by atoms with van der Waals surface area (Å²) in [5.74, 6) is -2.45. The number of hydrogen-bond acceptors (Lipinski definition) is 13. The van der Waals surface area contributed by atoms with Gasteiger partial charge in [0, 0.05) is 67.1 Å². The first-order valence-corrected chi connectivity index (χ1v) is 25.0. The van der Waals surface area contributed by atoms with Crippen molar-refractivity contribution in [1.29, 1.82) is 0 Å². The monoisotopic (exact) mass is 1050 g/mol. The Labute approximate surface area is 433 Å². The number of nitrogens with one attached hydrogen (secondary N) is 4. The number of halogens is 3. The van der Waals surface area contributed by atoms with E-state index in [0.29, 0.717) is 59.8 Å². The van der Waals surface area contributed by atoms with Crippen LogP contribution in [0.4, 0.5) is 33.6 Å². The summed E-state index contributed by atoms with van der Waals surface area (Å²) in [5.41, 5.74) is 7.77. The van der Waals surface area contributed by atoms with Crippen LogP contribution in [0.1, 0.15) is 75.1 Å². The standard InChI is InChI=1S/C53H56F3N9O9S/c1-32(2)45(63-42(66)14-4-3-7-29-64-43(67)25-26-44(64)68)49(70)61-37(11-9-28-59-50(57)71)30-60-36-20-15-33(16-21-36)31-73-52(72)65(51-62-40-12-5-6-13-41(40)75-51)47(35-17-22-38(23-18-35)74-53(54,55)56)39-24-19-34-10-8-27-58-46(34)48(39)69/h5-6,8,10,12-13,15-27,32,37,45,47,60,69H,3-4,7,9,11,14,28-31H2,1-2H3,(H,61,70)(H,63,66)(H3,57,59,71)/t37-,45+,47?/m1/s1. The van der Waals surface area contributed by atoms with Crippen molar-refractivity contribution in [3.63, 3.8) is 0 Å². The Hall–Kier alpha value is -8.27. The van der Waals surface area contributed by atoms with E-state index < -0.39 is 48.3 Å². The molecular formula is C53H56F3N9O9S. The van der Waals surface area contributed by atoms with Gasteiger partial charge in [0.25, 0.3) is 11.8 Å². The van der Waals surface area contributed by atoms with Gasteiger partial charge in [-0.2, -0.15) is 0 Å². The molecule has 18 nitrogen and oxygen atoms in total. The number of pyridine rings is 1. The number of thiazole rings is 1. The number of alkyl halides is 3. The zero-order valence-corrected chi connectivity index (χ0v) is 41.8. The Morgan fingerprint density at radius 3 is 2.29 bits per heavy atom. The van der Waals surface area contributed by atoms with Crippen LogP contribution in [0.25, 0.3) is 21.1 Å². The zero-order valence-electron chi connectivity index (χ0n) is 41.0. The van der Waals surface area contributed by atoms with Crippen molar-refractivity contribution in [3.8, 4) is 11.5 Å². The molecule has 0 spiro atoms. The fourth-order valence-electron chi connectivity index (χ4n) is 8.36. The molecule has 394 valence electrons. The van der Waals surface area contributed by atoms with Crippen molar-refractivity contribution in [3.05, 3.63) is 132 Å². The van der Waals surface area contributed by atoms with Crippen LogP contribution in [0, 0.1) is 5.92 Å². The molecule has 6 aromatic rings. The van der Waals surface area contributed by atoms with Gasteiger partial charge >= 0.3 is 18.5 Å². The molecule has 2 aromatic heterocycles. The van der Waals surface area contributed by atoms with Crippen molar-refractivity contribution >= 4 is 79.0 Å². The van der Waals surface area contributed by atoms with Gasteiger partial charge in [-0.3, -0.25) is 29.1 Å². The fraction of sp³-hybridized carbons (Fsp3) is 0.321. The number of phenols is 1. The number of aromatic nitrogens is 2. The number of anilines is 2. The summed E-state index contributed by atoms with van der Waals surface area (Å²) in [7, 11) is 0. The van der Waals surface area contributed by atoms with E-state index in [9.17, 15) is 47.0 Å². The molecule has 0 bridgehead atoms. The van der Waals surface area contributed by atoms with E-state index >= 15 is 0 Å². The SMILES string of the molecule is CC(C)[C@H](NC(=O)CCCCCN1C(=O)C=CC1=O)C(=O)N[C@H](CCCNC(N)=O)CNc1ccc(COC(=O)N(c2nc3ccccc3s2)C(c2ccc(OC(F)(F)F)cc2)c2ccc3cccnc3c2O)cc1. The molecule has 1 aliphatic rings. The van der Waals surface area contributed by atoms with E-state index in [1.165, 1.54) is 46.7 Å². The molecule has 0 aliphatic carbocycles. The molecule has 1 aliphatic heterocycles. The van der Waals surface area contributed by atoms with Crippen molar-refractivity contribution in [2.75, 3.05) is 29.9 Å². The highest BCUT2D eigenvalue weighted by molar-refractivity contribution is 7.22. The Kier molecular flexibility index (Phi) is 18.2. The number of hydrogen-bond donors (Lipinski definition) is 6. The minimum atomic E-state index is -4.95. The van der Waals surface area contributed by atoms with E-state index in [1.54, 1.807) is 60.7 Å². The predicted octanol–water partition coefficient (Wildman–Crippen LogP) is 8.35. The predicted molar refractivity (Wildman–Crippen MR) is 275 cm³/mol. The van der Waals surface area contributed by atoms with Gasteiger partial charge in [0.15, 0.2) is 5.13 Å². The molecule has 0 saturated heterocycles. The Morgan fingerprint density at radius 1 is 0.867 bits per heavy atom. The van der Waals surface area contributed by atoms with Crippen molar-refractivity contribution in [2.24, 2.45) is 11.7 Å². The molecule has 1 unspecified atom stereocenters. The number of nitrogens with zero attached hydrogens (tertiary/aromatic N) is 4. The second-order valence-corrected chi connectivity index (χ2v) is 19.0. The molecule has 3 atom stereocenters. The van der Waals surface area contributed by atoms with Crippen molar-refractivity contribution in [2.45, 2.75) is 83.5 Å². The van der Waals surface area contributed by atoms with Crippen LogP contribution in [0.2, 0.25) is 0 Å². The molecule has 7 rings (SSSR count). The number of primary amides is 1. The third-order valence-corrected chi connectivity index (χ3v) is 13.2. The molecule has 75 heavy (non-hydrogen) atoms. The topological polar surface area (TPSA) is 248 Å². The van der Waals surface area contributed by atoms with Crippen LogP contribution in [-0.4, -0.2) is 93.8 Å². The van der Waals surface area contributed by atoms with Crippen molar-refractivity contribution in [1.82, 2.24) is 30.8 Å². The lowest BCUT2D eigenvalue weighted by Crippen LogP contribution is -2.53. The van der Waals surface area contributed by atoms with Crippen LogP contribution < -0.4 is 36.6 Å². The molecular weight excluding hydrogens is 996 g/mol. The summed E-state index contributed by atoms with van der Waals surface area (Å²) < 4.78 is 50.5.